The van der Waals surface area contributed by atoms with Gasteiger partial charge < -0.3 is 4.55 Å². The maximum atomic E-state index is 10.2. The average molecular weight is 184 g/mol. The summed E-state index contributed by atoms with van der Waals surface area (Å²) in [5.74, 6) is 0. The number of rotatable bonds is 1. The fraction of sp³-hybridized carbons (Fsp3) is 0. The predicted octanol–water partition coefficient (Wildman–Crippen LogP) is 1.38. The van der Waals surface area contributed by atoms with E-state index in [9.17, 15) is 4.21 Å². The van der Waals surface area contributed by atoms with Crippen LogP contribution in [0, 0.1) is 0 Å². The number of hydrogen-bond donors (Lipinski definition) is 1. The second kappa shape index (κ2) is 2.74. The predicted molar refractivity (Wildman–Crippen MR) is 36.2 cm³/mol. The van der Waals surface area contributed by atoms with Gasteiger partial charge in [0.2, 0.25) is 11.1 Å². The Labute approximate surface area is 63.1 Å². The van der Waals surface area contributed by atoms with Gasteiger partial charge >= 0.3 is 0 Å². The maximum absolute atomic E-state index is 10.2. The number of aromatic nitrogens is 1. The van der Waals surface area contributed by atoms with Crippen molar-refractivity contribution in [1.82, 2.24) is 4.37 Å². The smallest absolute Gasteiger partial charge is 0.206 e. The summed E-state index contributed by atoms with van der Waals surface area (Å²) in [6.45, 7) is 0. The van der Waals surface area contributed by atoms with Crippen LogP contribution < -0.4 is 0 Å². The summed E-state index contributed by atoms with van der Waals surface area (Å²) in [5.41, 5.74) is 0. The molecule has 1 N–H and O–H groups in total. The van der Waals surface area contributed by atoms with Gasteiger partial charge in [-0.05, 0) is 11.5 Å². The molecule has 0 amide bonds. The molecule has 1 unspecified atom stereocenters. The number of nitrogens with zero attached hydrogens (tertiary/aromatic N) is 1. The van der Waals surface area contributed by atoms with E-state index in [1.54, 1.807) is 0 Å². The van der Waals surface area contributed by atoms with Crippen molar-refractivity contribution in [2.24, 2.45) is 0 Å². The summed E-state index contributed by atoms with van der Waals surface area (Å²) in [6, 6.07) is 1.36. The molecule has 50 valence electrons. The molecule has 9 heavy (non-hydrogen) atoms. The Balaban J connectivity index is 2.98. The van der Waals surface area contributed by atoms with Crippen molar-refractivity contribution in [2.75, 3.05) is 0 Å². The highest BCUT2D eigenvalue weighted by molar-refractivity contribution is 7.79. The van der Waals surface area contributed by atoms with Crippen LogP contribution in [0.3, 0.4) is 0 Å². The lowest BCUT2D eigenvalue weighted by Crippen LogP contribution is -1.85. The molecule has 0 aliphatic carbocycles. The van der Waals surface area contributed by atoms with E-state index in [0.29, 0.717) is 4.34 Å². The molecule has 1 rings (SSSR count). The van der Waals surface area contributed by atoms with Gasteiger partial charge in [0.1, 0.15) is 4.34 Å². The van der Waals surface area contributed by atoms with Crippen molar-refractivity contribution < 1.29 is 8.76 Å². The first-order valence-corrected chi connectivity index (χ1v) is 4.19. The Morgan fingerprint density at radius 1 is 1.89 bits per heavy atom. The Morgan fingerprint density at radius 2 is 2.56 bits per heavy atom. The molecule has 1 heterocycles. The largest absolute Gasteiger partial charge is 0.301 e. The summed E-state index contributed by atoms with van der Waals surface area (Å²) in [4.78, 5) is 0. The minimum atomic E-state index is -1.99. The minimum absolute atomic E-state index is 0.116. The summed E-state index contributed by atoms with van der Waals surface area (Å²) >= 11 is 4.42. The molecule has 0 radical (unpaired) electrons. The molecule has 1 aromatic rings. The summed E-state index contributed by atoms with van der Waals surface area (Å²) < 4.78 is 22.6. The third-order valence-electron chi connectivity index (χ3n) is 0.639. The van der Waals surface area contributed by atoms with E-state index in [4.69, 9.17) is 16.2 Å². The van der Waals surface area contributed by atoms with Gasteiger partial charge in [-0.1, -0.05) is 11.6 Å². The van der Waals surface area contributed by atoms with Gasteiger partial charge in [0.05, 0.1) is 0 Å². The minimum Gasteiger partial charge on any atom is -0.301 e. The maximum Gasteiger partial charge on any atom is 0.206 e. The monoisotopic (exact) mass is 183 g/mol. The molecular formula is C3H2ClNO2S2. The molecule has 0 saturated heterocycles. The lowest BCUT2D eigenvalue weighted by Gasteiger charge is -1.78. The summed E-state index contributed by atoms with van der Waals surface area (Å²) in [6.07, 6.45) is 0. The van der Waals surface area contributed by atoms with Gasteiger partial charge in [-0.25, -0.2) is 4.21 Å². The molecule has 0 fully saturated rings. The highest BCUT2D eigenvalue weighted by atomic mass is 35.5. The zero-order valence-electron chi connectivity index (χ0n) is 4.07. The van der Waals surface area contributed by atoms with Crippen LogP contribution in [0.5, 0.6) is 0 Å². The first-order chi connectivity index (χ1) is 4.20. The van der Waals surface area contributed by atoms with Crippen LogP contribution in [-0.4, -0.2) is 13.1 Å². The van der Waals surface area contributed by atoms with E-state index < -0.39 is 11.1 Å². The van der Waals surface area contributed by atoms with E-state index in [2.05, 4.69) is 4.37 Å². The SMILES string of the molecule is O=S(O)c1cc(Cl)sn1. The normalized spacial score (nSPS) is 13.6. The van der Waals surface area contributed by atoms with Gasteiger partial charge in [0.15, 0.2) is 5.03 Å². The Kier molecular flexibility index (Phi) is 2.18. The molecule has 0 aromatic carbocycles. The zero-order valence-corrected chi connectivity index (χ0v) is 6.46. The summed E-state index contributed by atoms with van der Waals surface area (Å²) in [7, 11) is 0. The quantitative estimate of drug-likeness (QED) is 0.670. The van der Waals surface area contributed by atoms with Gasteiger partial charge in [-0.3, -0.25) is 0 Å². The molecule has 1 atom stereocenters. The van der Waals surface area contributed by atoms with Crippen LogP contribution in [0.2, 0.25) is 4.34 Å². The second-order valence-electron chi connectivity index (χ2n) is 1.22. The molecule has 1 aromatic heterocycles. The fourth-order valence-electron chi connectivity index (χ4n) is 0.321. The Morgan fingerprint density at radius 3 is 2.78 bits per heavy atom. The lowest BCUT2D eigenvalue weighted by atomic mass is 10.8. The molecule has 6 heteroatoms. The van der Waals surface area contributed by atoms with Crippen molar-refractivity contribution in [3.63, 3.8) is 0 Å². The average Bonchev–Trinajstić information content (AvgIpc) is 2.14. The van der Waals surface area contributed by atoms with E-state index in [0.717, 1.165) is 11.5 Å². The first kappa shape index (κ1) is 7.14. The van der Waals surface area contributed by atoms with Gasteiger partial charge in [-0.2, -0.15) is 4.37 Å². The summed E-state index contributed by atoms with van der Waals surface area (Å²) in [5, 5.41) is 0.116. The van der Waals surface area contributed by atoms with Gasteiger partial charge in [-0.15, -0.1) is 0 Å². The van der Waals surface area contributed by atoms with Crippen molar-refractivity contribution in [1.29, 1.82) is 0 Å². The van der Waals surface area contributed by atoms with E-state index in [1.165, 1.54) is 6.07 Å². The Bertz CT molecular complexity index is 235. The zero-order chi connectivity index (χ0) is 6.85. The van der Waals surface area contributed by atoms with Crippen LogP contribution in [0.25, 0.3) is 0 Å². The topological polar surface area (TPSA) is 50.2 Å². The van der Waals surface area contributed by atoms with Crippen LogP contribution in [-0.2, 0) is 11.1 Å². The fourth-order valence-corrected chi connectivity index (χ4v) is 1.65. The van der Waals surface area contributed by atoms with Crippen molar-refractivity contribution >= 4 is 34.2 Å². The van der Waals surface area contributed by atoms with Crippen LogP contribution >= 0.6 is 23.1 Å². The van der Waals surface area contributed by atoms with Gasteiger partial charge in [0, 0.05) is 6.07 Å². The van der Waals surface area contributed by atoms with E-state index >= 15 is 0 Å². The van der Waals surface area contributed by atoms with Crippen LogP contribution in [0.4, 0.5) is 0 Å². The molecule has 3 nitrogen and oxygen atoms in total. The standard InChI is InChI=1S/C3H2ClNO2S2/c4-2-1-3(5-8-2)9(6)7/h1H,(H,6,7). The Hall–Kier alpha value is 0.0300. The third-order valence-corrected chi connectivity index (χ3v) is 2.22. The van der Waals surface area contributed by atoms with Crippen molar-refractivity contribution in [3.05, 3.63) is 10.4 Å². The molecule has 0 spiro atoms. The molecule has 0 saturated carbocycles. The van der Waals surface area contributed by atoms with Gasteiger partial charge in [0.25, 0.3) is 0 Å². The van der Waals surface area contributed by atoms with Crippen LogP contribution in [0.15, 0.2) is 11.1 Å². The van der Waals surface area contributed by atoms with E-state index in [-0.39, 0.29) is 5.03 Å². The van der Waals surface area contributed by atoms with Crippen molar-refractivity contribution in [2.45, 2.75) is 5.03 Å². The lowest BCUT2D eigenvalue weighted by molar-refractivity contribution is 0.562. The molecule has 0 aliphatic heterocycles. The second-order valence-corrected chi connectivity index (χ2v) is 3.57. The van der Waals surface area contributed by atoms with Crippen LogP contribution in [0.1, 0.15) is 0 Å². The number of hydrogen-bond acceptors (Lipinski definition) is 3. The first-order valence-electron chi connectivity index (χ1n) is 1.93. The highest BCUT2D eigenvalue weighted by Crippen LogP contribution is 2.17. The molecular weight excluding hydrogens is 182 g/mol. The number of halogens is 1. The van der Waals surface area contributed by atoms with E-state index in [1.807, 2.05) is 0 Å². The highest BCUT2D eigenvalue weighted by Gasteiger charge is 2.03. The third kappa shape index (κ3) is 1.72. The van der Waals surface area contributed by atoms with Crippen molar-refractivity contribution in [3.8, 4) is 0 Å². The molecule has 0 aliphatic rings. The molecule has 0 bridgehead atoms.